The Morgan fingerprint density at radius 1 is 0.783 bits per heavy atom. The molecule has 114 valence electrons. The van der Waals surface area contributed by atoms with Gasteiger partial charge in [-0.15, -0.1) is 0 Å². The highest BCUT2D eigenvalue weighted by molar-refractivity contribution is 9.10. The van der Waals surface area contributed by atoms with Crippen LogP contribution >= 0.6 is 15.9 Å². The second kappa shape index (κ2) is 7.30. The molecule has 0 fully saturated rings. The Morgan fingerprint density at radius 2 is 1.39 bits per heavy atom. The SMILES string of the molecule is CO/C=C(/c1ccc(-c2ccccc2)cc1)c1ccccc1Br. The van der Waals surface area contributed by atoms with Crippen molar-refractivity contribution >= 4 is 21.5 Å². The number of methoxy groups -OCH3 is 1. The molecule has 0 aliphatic rings. The van der Waals surface area contributed by atoms with E-state index in [9.17, 15) is 0 Å². The molecule has 0 atom stereocenters. The maximum Gasteiger partial charge on any atom is 0.0909 e. The maximum absolute atomic E-state index is 5.30. The second-order valence-electron chi connectivity index (χ2n) is 5.19. The summed E-state index contributed by atoms with van der Waals surface area (Å²) in [5, 5.41) is 0. The summed E-state index contributed by atoms with van der Waals surface area (Å²) in [5.74, 6) is 0. The molecule has 0 bridgehead atoms. The van der Waals surface area contributed by atoms with Crippen molar-refractivity contribution in [3.05, 3.63) is 101 Å². The van der Waals surface area contributed by atoms with Crippen molar-refractivity contribution in [2.45, 2.75) is 0 Å². The average Bonchev–Trinajstić information content (AvgIpc) is 2.61. The van der Waals surface area contributed by atoms with E-state index in [0.717, 1.165) is 21.2 Å². The van der Waals surface area contributed by atoms with Crippen molar-refractivity contribution in [2.75, 3.05) is 7.11 Å². The molecule has 0 heterocycles. The van der Waals surface area contributed by atoms with E-state index >= 15 is 0 Å². The van der Waals surface area contributed by atoms with Crippen LogP contribution in [0.1, 0.15) is 11.1 Å². The van der Waals surface area contributed by atoms with Gasteiger partial charge in [-0.1, -0.05) is 88.7 Å². The third-order valence-corrected chi connectivity index (χ3v) is 4.39. The van der Waals surface area contributed by atoms with Gasteiger partial charge in [-0.05, 0) is 28.3 Å². The largest absolute Gasteiger partial charge is 0.504 e. The van der Waals surface area contributed by atoms with Gasteiger partial charge < -0.3 is 4.74 Å². The molecule has 0 N–H and O–H groups in total. The van der Waals surface area contributed by atoms with Gasteiger partial charge in [0.15, 0.2) is 0 Å². The van der Waals surface area contributed by atoms with Crippen molar-refractivity contribution in [3.63, 3.8) is 0 Å². The third kappa shape index (κ3) is 3.54. The van der Waals surface area contributed by atoms with Crippen LogP contribution in [0.25, 0.3) is 16.7 Å². The highest BCUT2D eigenvalue weighted by Gasteiger charge is 2.09. The summed E-state index contributed by atoms with van der Waals surface area (Å²) in [6.07, 6.45) is 1.79. The van der Waals surface area contributed by atoms with Gasteiger partial charge in [0.2, 0.25) is 0 Å². The van der Waals surface area contributed by atoms with E-state index < -0.39 is 0 Å². The summed E-state index contributed by atoms with van der Waals surface area (Å²) in [6.45, 7) is 0. The summed E-state index contributed by atoms with van der Waals surface area (Å²) >= 11 is 3.62. The number of benzene rings is 3. The summed E-state index contributed by atoms with van der Waals surface area (Å²) in [5.41, 5.74) is 5.72. The Balaban J connectivity index is 1.99. The first-order chi connectivity index (χ1) is 11.3. The predicted molar refractivity (Wildman–Crippen MR) is 100 cm³/mol. The van der Waals surface area contributed by atoms with Crippen LogP contribution in [0.3, 0.4) is 0 Å². The fourth-order valence-corrected chi connectivity index (χ4v) is 3.06. The lowest BCUT2D eigenvalue weighted by atomic mass is 9.96. The van der Waals surface area contributed by atoms with Crippen LogP contribution in [0.15, 0.2) is 89.6 Å². The zero-order chi connectivity index (χ0) is 16.1. The number of ether oxygens (including phenoxy) is 1. The fourth-order valence-electron chi connectivity index (χ4n) is 2.56. The lowest BCUT2D eigenvalue weighted by Crippen LogP contribution is -1.91. The van der Waals surface area contributed by atoms with Crippen molar-refractivity contribution in [2.24, 2.45) is 0 Å². The van der Waals surface area contributed by atoms with E-state index in [-0.39, 0.29) is 0 Å². The van der Waals surface area contributed by atoms with Crippen LogP contribution in [0.5, 0.6) is 0 Å². The Hall–Kier alpha value is -2.32. The molecule has 3 aromatic rings. The monoisotopic (exact) mass is 364 g/mol. The lowest BCUT2D eigenvalue weighted by molar-refractivity contribution is 0.340. The minimum atomic E-state index is 1.05. The Labute approximate surface area is 145 Å². The van der Waals surface area contributed by atoms with Crippen LogP contribution in [0.4, 0.5) is 0 Å². The van der Waals surface area contributed by atoms with E-state index in [0.29, 0.717) is 0 Å². The average molecular weight is 365 g/mol. The van der Waals surface area contributed by atoms with Crippen molar-refractivity contribution < 1.29 is 4.74 Å². The molecule has 0 aromatic heterocycles. The molecule has 2 heteroatoms. The number of hydrogen-bond acceptors (Lipinski definition) is 1. The van der Waals surface area contributed by atoms with Gasteiger partial charge in [-0.2, -0.15) is 0 Å². The molecular weight excluding hydrogens is 348 g/mol. The minimum absolute atomic E-state index is 1.05. The smallest absolute Gasteiger partial charge is 0.0909 e. The lowest BCUT2D eigenvalue weighted by Gasteiger charge is -2.11. The number of halogens is 1. The molecule has 3 rings (SSSR count). The predicted octanol–water partition coefficient (Wildman–Crippen LogP) is 6.15. The van der Waals surface area contributed by atoms with Crippen LogP contribution in [-0.4, -0.2) is 7.11 Å². The summed E-state index contributed by atoms with van der Waals surface area (Å²) < 4.78 is 6.35. The zero-order valence-corrected chi connectivity index (χ0v) is 14.5. The first-order valence-corrected chi connectivity index (χ1v) is 8.22. The first-order valence-electron chi connectivity index (χ1n) is 7.43. The molecule has 0 saturated heterocycles. The molecule has 23 heavy (non-hydrogen) atoms. The van der Waals surface area contributed by atoms with Crippen LogP contribution < -0.4 is 0 Å². The fraction of sp³-hybridized carbons (Fsp3) is 0.0476. The summed E-state index contributed by atoms with van der Waals surface area (Å²) in [6, 6.07) is 27.1. The van der Waals surface area contributed by atoms with Crippen molar-refractivity contribution in [1.82, 2.24) is 0 Å². The van der Waals surface area contributed by atoms with E-state index in [2.05, 4.69) is 70.5 Å². The Kier molecular flexibility index (Phi) is 4.94. The van der Waals surface area contributed by atoms with E-state index in [1.165, 1.54) is 11.1 Å². The van der Waals surface area contributed by atoms with Crippen LogP contribution in [-0.2, 0) is 4.74 Å². The van der Waals surface area contributed by atoms with E-state index in [1.54, 1.807) is 13.4 Å². The van der Waals surface area contributed by atoms with Gasteiger partial charge in [0.05, 0.1) is 13.4 Å². The molecule has 1 nitrogen and oxygen atoms in total. The van der Waals surface area contributed by atoms with Crippen LogP contribution in [0, 0.1) is 0 Å². The quantitative estimate of drug-likeness (QED) is 0.504. The van der Waals surface area contributed by atoms with Crippen LogP contribution in [0.2, 0.25) is 0 Å². The van der Waals surface area contributed by atoms with Gasteiger partial charge in [-0.25, -0.2) is 0 Å². The molecule has 0 aliphatic heterocycles. The van der Waals surface area contributed by atoms with E-state index in [4.69, 9.17) is 4.74 Å². The molecule has 0 saturated carbocycles. The van der Waals surface area contributed by atoms with Crippen molar-refractivity contribution in [3.8, 4) is 11.1 Å². The molecular formula is C21H17BrO. The molecule has 3 aromatic carbocycles. The maximum atomic E-state index is 5.30. The molecule has 0 amide bonds. The van der Waals surface area contributed by atoms with Crippen molar-refractivity contribution in [1.29, 1.82) is 0 Å². The zero-order valence-electron chi connectivity index (χ0n) is 12.9. The topological polar surface area (TPSA) is 9.23 Å². The molecule has 0 unspecified atom stereocenters. The summed E-state index contributed by atoms with van der Waals surface area (Å²) in [4.78, 5) is 0. The second-order valence-corrected chi connectivity index (χ2v) is 6.04. The number of hydrogen-bond donors (Lipinski definition) is 0. The van der Waals surface area contributed by atoms with Gasteiger partial charge in [-0.3, -0.25) is 0 Å². The normalized spacial score (nSPS) is 11.3. The van der Waals surface area contributed by atoms with Gasteiger partial charge in [0.25, 0.3) is 0 Å². The summed E-state index contributed by atoms with van der Waals surface area (Å²) in [7, 11) is 1.68. The highest BCUT2D eigenvalue weighted by Crippen LogP contribution is 2.31. The van der Waals surface area contributed by atoms with Gasteiger partial charge in [0.1, 0.15) is 0 Å². The molecule has 0 aliphatic carbocycles. The van der Waals surface area contributed by atoms with E-state index in [1.807, 2.05) is 24.3 Å². The Morgan fingerprint density at radius 3 is 2.04 bits per heavy atom. The number of rotatable bonds is 4. The molecule has 0 radical (unpaired) electrons. The molecule has 0 spiro atoms. The van der Waals surface area contributed by atoms with Gasteiger partial charge >= 0.3 is 0 Å². The first kappa shape index (κ1) is 15.6. The Bertz CT molecular complexity index is 805. The highest BCUT2D eigenvalue weighted by atomic mass is 79.9. The standard InChI is InChI=1S/C21H17BrO/c1-23-15-20(19-9-5-6-10-21(19)22)18-13-11-17(12-14-18)16-7-3-2-4-8-16/h2-15H,1H3/b20-15-. The third-order valence-electron chi connectivity index (χ3n) is 3.70. The van der Waals surface area contributed by atoms with Gasteiger partial charge in [0, 0.05) is 10.0 Å². The minimum Gasteiger partial charge on any atom is -0.504 e.